The van der Waals surface area contributed by atoms with Gasteiger partial charge in [-0.15, -0.1) is 0 Å². The summed E-state index contributed by atoms with van der Waals surface area (Å²) in [7, 11) is -2.92. The van der Waals surface area contributed by atoms with Crippen LogP contribution in [0.4, 0.5) is 0 Å². The fourth-order valence-corrected chi connectivity index (χ4v) is 5.02. The van der Waals surface area contributed by atoms with E-state index < -0.39 is 9.84 Å². The predicted octanol–water partition coefficient (Wildman–Crippen LogP) is 2.14. The van der Waals surface area contributed by atoms with Crippen molar-refractivity contribution >= 4 is 9.84 Å². The molecular formula is C16H23NO2S. The number of benzene rings is 1. The minimum atomic E-state index is -2.92. The lowest BCUT2D eigenvalue weighted by atomic mass is 9.64. The summed E-state index contributed by atoms with van der Waals surface area (Å²) in [5, 5.41) is 0. The Bertz CT molecular complexity index is 590. The molecule has 2 fully saturated rings. The molecule has 4 heteroatoms. The van der Waals surface area contributed by atoms with Crippen molar-refractivity contribution in [2.75, 3.05) is 18.6 Å². The van der Waals surface area contributed by atoms with Gasteiger partial charge in [-0.1, -0.05) is 30.7 Å². The molecule has 3 rings (SSSR count). The Hall–Kier alpha value is -0.870. The lowest BCUT2D eigenvalue weighted by molar-refractivity contribution is 0.253. The van der Waals surface area contributed by atoms with Gasteiger partial charge in [-0.25, -0.2) is 8.42 Å². The van der Waals surface area contributed by atoms with Crippen LogP contribution < -0.4 is 5.73 Å². The van der Waals surface area contributed by atoms with E-state index in [-0.39, 0.29) is 16.6 Å². The van der Waals surface area contributed by atoms with Crippen molar-refractivity contribution in [2.24, 2.45) is 5.73 Å². The van der Waals surface area contributed by atoms with Crippen molar-refractivity contribution in [1.29, 1.82) is 0 Å². The zero-order valence-electron chi connectivity index (χ0n) is 12.1. The van der Waals surface area contributed by atoms with E-state index in [9.17, 15) is 8.42 Å². The predicted molar refractivity (Wildman–Crippen MR) is 81.6 cm³/mol. The Kier molecular flexibility index (Phi) is 3.22. The van der Waals surface area contributed by atoms with E-state index in [1.54, 1.807) is 0 Å². The lowest BCUT2D eigenvalue weighted by Gasteiger charge is -2.41. The van der Waals surface area contributed by atoms with Gasteiger partial charge in [0.15, 0.2) is 0 Å². The normalized spacial score (nSPS) is 23.1. The van der Waals surface area contributed by atoms with E-state index in [4.69, 9.17) is 5.73 Å². The third-order valence-electron chi connectivity index (χ3n) is 5.20. The van der Waals surface area contributed by atoms with E-state index in [0.717, 1.165) is 12.8 Å². The molecule has 0 bridgehead atoms. The summed E-state index contributed by atoms with van der Waals surface area (Å²) in [6.45, 7) is 0.709. The van der Waals surface area contributed by atoms with Gasteiger partial charge in [0.2, 0.25) is 0 Å². The molecular weight excluding hydrogens is 270 g/mol. The fourth-order valence-electron chi connectivity index (χ4n) is 3.56. The zero-order chi connectivity index (χ0) is 14.4. The molecule has 20 heavy (non-hydrogen) atoms. The molecule has 1 aromatic carbocycles. The van der Waals surface area contributed by atoms with Crippen molar-refractivity contribution < 1.29 is 8.42 Å². The average molecular weight is 293 g/mol. The maximum absolute atomic E-state index is 11.6. The van der Waals surface area contributed by atoms with Crippen molar-refractivity contribution in [2.45, 2.75) is 42.9 Å². The van der Waals surface area contributed by atoms with Gasteiger partial charge in [-0.3, -0.25) is 0 Å². The topological polar surface area (TPSA) is 60.2 Å². The van der Waals surface area contributed by atoms with Crippen molar-refractivity contribution in [3.63, 3.8) is 0 Å². The third kappa shape index (κ3) is 2.40. The van der Waals surface area contributed by atoms with Gasteiger partial charge >= 0.3 is 0 Å². The van der Waals surface area contributed by atoms with E-state index in [2.05, 4.69) is 24.3 Å². The first-order valence-corrected chi connectivity index (χ1v) is 9.44. The molecule has 2 aliphatic rings. The Balaban J connectivity index is 1.84. The van der Waals surface area contributed by atoms with E-state index >= 15 is 0 Å². The highest BCUT2D eigenvalue weighted by Crippen LogP contribution is 2.50. The SMILES string of the molecule is CS(=O)(=O)CC1(c2ccc(C3(CN)CCC3)cc2)CC1. The molecule has 1 aromatic rings. The maximum atomic E-state index is 11.6. The summed E-state index contributed by atoms with van der Waals surface area (Å²) >= 11 is 0. The second kappa shape index (κ2) is 4.57. The Morgan fingerprint density at radius 2 is 1.50 bits per heavy atom. The summed E-state index contributed by atoms with van der Waals surface area (Å²) in [4.78, 5) is 0. The van der Waals surface area contributed by atoms with Crippen LogP contribution in [0.1, 0.15) is 43.2 Å². The Labute approximate surface area is 121 Å². The van der Waals surface area contributed by atoms with Crippen LogP contribution in [0.5, 0.6) is 0 Å². The quantitative estimate of drug-likeness (QED) is 0.905. The van der Waals surface area contributed by atoms with E-state index in [1.165, 1.54) is 36.6 Å². The highest BCUT2D eigenvalue weighted by Gasteiger charge is 2.47. The van der Waals surface area contributed by atoms with Crippen molar-refractivity contribution in [1.82, 2.24) is 0 Å². The monoisotopic (exact) mass is 293 g/mol. The van der Waals surface area contributed by atoms with E-state index in [1.807, 2.05) is 0 Å². The molecule has 0 aromatic heterocycles. The Morgan fingerprint density at radius 3 is 1.80 bits per heavy atom. The highest BCUT2D eigenvalue weighted by molar-refractivity contribution is 7.90. The zero-order valence-corrected chi connectivity index (χ0v) is 12.9. The third-order valence-corrected chi connectivity index (χ3v) is 6.28. The van der Waals surface area contributed by atoms with Crippen molar-refractivity contribution in [3.05, 3.63) is 35.4 Å². The lowest BCUT2D eigenvalue weighted by Crippen LogP contribution is -2.41. The largest absolute Gasteiger partial charge is 0.330 e. The smallest absolute Gasteiger partial charge is 0.148 e. The van der Waals surface area contributed by atoms with Crippen LogP contribution in [-0.2, 0) is 20.7 Å². The number of nitrogens with two attached hydrogens (primary N) is 1. The molecule has 2 aliphatic carbocycles. The van der Waals surface area contributed by atoms with Gasteiger partial charge < -0.3 is 5.73 Å². The van der Waals surface area contributed by atoms with Crippen molar-refractivity contribution in [3.8, 4) is 0 Å². The second-order valence-electron chi connectivity index (χ2n) is 6.77. The van der Waals surface area contributed by atoms with Gasteiger partial charge in [0, 0.05) is 23.6 Å². The number of sulfone groups is 1. The highest BCUT2D eigenvalue weighted by atomic mass is 32.2. The van der Waals surface area contributed by atoms with Crippen LogP contribution in [0.3, 0.4) is 0 Å². The number of rotatable bonds is 5. The summed E-state index contributed by atoms with van der Waals surface area (Å²) in [5.74, 6) is 0.279. The first kappa shape index (κ1) is 14.1. The van der Waals surface area contributed by atoms with Gasteiger partial charge in [-0.2, -0.15) is 0 Å². The van der Waals surface area contributed by atoms with Gasteiger partial charge in [-0.05, 0) is 36.8 Å². The standard InChI is InChI=1S/C16H23NO2S/c1-20(18,19)12-16(9-10-16)14-5-3-13(4-6-14)15(11-17)7-2-8-15/h3-6H,2,7-12,17H2,1H3. The summed E-state index contributed by atoms with van der Waals surface area (Å²) in [6, 6.07) is 8.60. The summed E-state index contributed by atoms with van der Waals surface area (Å²) in [6.07, 6.45) is 6.92. The van der Waals surface area contributed by atoms with Gasteiger partial charge in [0.1, 0.15) is 9.84 Å². The summed E-state index contributed by atoms with van der Waals surface area (Å²) in [5.41, 5.74) is 8.52. The van der Waals surface area contributed by atoms with Gasteiger partial charge in [0.05, 0.1) is 5.75 Å². The average Bonchev–Trinajstić information content (AvgIpc) is 3.08. The minimum Gasteiger partial charge on any atom is -0.330 e. The molecule has 0 unspecified atom stereocenters. The first-order chi connectivity index (χ1) is 9.39. The molecule has 110 valence electrons. The number of hydrogen-bond acceptors (Lipinski definition) is 3. The van der Waals surface area contributed by atoms with Crippen LogP contribution in [0, 0.1) is 0 Å². The molecule has 0 amide bonds. The Morgan fingerprint density at radius 1 is 1.00 bits per heavy atom. The minimum absolute atomic E-state index is 0.110. The van der Waals surface area contributed by atoms with Gasteiger partial charge in [0.25, 0.3) is 0 Å². The molecule has 0 heterocycles. The first-order valence-electron chi connectivity index (χ1n) is 7.38. The molecule has 2 saturated carbocycles. The molecule has 2 N–H and O–H groups in total. The fraction of sp³-hybridized carbons (Fsp3) is 0.625. The molecule has 0 atom stereocenters. The summed E-state index contributed by atoms with van der Waals surface area (Å²) < 4.78 is 23.1. The van der Waals surface area contributed by atoms with E-state index in [0.29, 0.717) is 6.54 Å². The maximum Gasteiger partial charge on any atom is 0.148 e. The molecule has 0 radical (unpaired) electrons. The van der Waals surface area contributed by atoms with Crippen LogP contribution >= 0.6 is 0 Å². The van der Waals surface area contributed by atoms with Crippen LogP contribution in [0.15, 0.2) is 24.3 Å². The van der Waals surface area contributed by atoms with Crippen LogP contribution in [0.2, 0.25) is 0 Å². The van der Waals surface area contributed by atoms with Crippen LogP contribution in [-0.4, -0.2) is 27.0 Å². The molecule has 3 nitrogen and oxygen atoms in total. The molecule has 0 aliphatic heterocycles. The van der Waals surface area contributed by atoms with Crippen LogP contribution in [0.25, 0.3) is 0 Å². The molecule has 0 saturated heterocycles. The molecule has 0 spiro atoms. The number of hydrogen-bond donors (Lipinski definition) is 1. The second-order valence-corrected chi connectivity index (χ2v) is 8.91.